The molecular formula is C16H23N3O3S2. The van der Waals surface area contributed by atoms with Crippen molar-refractivity contribution in [3.63, 3.8) is 0 Å². The van der Waals surface area contributed by atoms with Crippen molar-refractivity contribution in [3.05, 3.63) is 23.0 Å². The van der Waals surface area contributed by atoms with Gasteiger partial charge >= 0.3 is 0 Å². The Balaban J connectivity index is 1.98. The Hall–Kier alpha value is -1.22. The van der Waals surface area contributed by atoms with Gasteiger partial charge in [0.1, 0.15) is 0 Å². The zero-order valence-corrected chi connectivity index (χ0v) is 15.9. The third kappa shape index (κ3) is 3.28. The topological polar surface area (TPSA) is 58.7 Å². The highest BCUT2D eigenvalue weighted by molar-refractivity contribution is 7.89. The van der Waals surface area contributed by atoms with E-state index in [1.54, 1.807) is 18.2 Å². The smallest absolute Gasteiger partial charge is 0.270 e. The second-order valence-corrected chi connectivity index (χ2v) is 9.16. The molecule has 0 N–H and O–H groups in total. The van der Waals surface area contributed by atoms with E-state index in [1.165, 1.54) is 31.2 Å². The van der Waals surface area contributed by atoms with Gasteiger partial charge in [0.25, 0.3) is 4.84 Å². The highest BCUT2D eigenvalue weighted by atomic mass is 32.2. The van der Waals surface area contributed by atoms with Gasteiger partial charge in [-0.05, 0) is 49.2 Å². The molecular weight excluding hydrogens is 346 g/mol. The van der Waals surface area contributed by atoms with Crippen molar-refractivity contribution in [2.75, 3.05) is 27.2 Å². The minimum Gasteiger partial charge on any atom is -0.429 e. The van der Waals surface area contributed by atoms with Gasteiger partial charge in [-0.25, -0.2) is 12.7 Å². The molecule has 2 aromatic rings. The van der Waals surface area contributed by atoms with Gasteiger partial charge in [0, 0.05) is 27.2 Å². The molecule has 0 spiro atoms. The fourth-order valence-corrected chi connectivity index (χ4v) is 4.12. The standard InChI is InChI=1S/C16H23N3O3S2/c1-12-6-8-18(9-7-12)11-19-14-10-13(24(20,21)17(2)3)4-5-15(14)22-16(19)23/h4-5,10,12H,6-9,11H2,1-3H3. The van der Waals surface area contributed by atoms with Gasteiger partial charge in [0.15, 0.2) is 5.58 Å². The van der Waals surface area contributed by atoms with Crippen molar-refractivity contribution in [1.82, 2.24) is 13.8 Å². The van der Waals surface area contributed by atoms with Crippen molar-refractivity contribution in [3.8, 4) is 0 Å². The summed E-state index contributed by atoms with van der Waals surface area (Å²) >= 11 is 5.34. The van der Waals surface area contributed by atoms with Gasteiger partial charge < -0.3 is 4.42 Å². The first-order valence-corrected chi connectivity index (χ1v) is 9.92. The lowest BCUT2D eigenvalue weighted by molar-refractivity contribution is 0.153. The lowest BCUT2D eigenvalue weighted by Crippen LogP contribution is -2.34. The Bertz CT molecular complexity index is 891. The molecule has 1 aliphatic heterocycles. The third-order valence-corrected chi connectivity index (χ3v) is 6.75. The van der Waals surface area contributed by atoms with Crippen LogP contribution >= 0.6 is 12.2 Å². The van der Waals surface area contributed by atoms with E-state index in [9.17, 15) is 8.42 Å². The maximum Gasteiger partial charge on any atom is 0.270 e. The molecule has 1 aromatic heterocycles. The molecule has 0 atom stereocenters. The Morgan fingerprint density at radius 2 is 1.96 bits per heavy atom. The maximum absolute atomic E-state index is 12.4. The first kappa shape index (κ1) is 17.6. The average molecular weight is 370 g/mol. The van der Waals surface area contributed by atoms with Crippen LogP contribution in [0.4, 0.5) is 0 Å². The molecule has 1 fully saturated rings. The van der Waals surface area contributed by atoms with Crippen LogP contribution in [0.15, 0.2) is 27.5 Å². The van der Waals surface area contributed by atoms with Crippen LogP contribution in [0.1, 0.15) is 19.8 Å². The summed E-state index contributed by atoms with van der Waals surface area (Å²) in [6.45, 7) is 4.94. The van der Waals surface area contributed by atoms with E-state index >= 15 is 0 Å². The van der Waals surface area contributed by atoms with Crippen molar-refractivity contribution in [2.24, 2.45) is 5.92 Å². The zero-order chi connectivity index (χ0) is 17.5. The number of hydrogen-bond donors (Lipinski definition) is 0. The molecule has 2 heterocycles. The van der Waals surface area contributed by atoms with Gasteiger partial charge in [-0.3, -0.25) is 9.47 Å². The van der Waals surface area contributed by atoms with E-state index in [0.29, 0.717) is 17.1 Å². The highest BCUT2D eigenvalue weighted by Crippen LogP contribution is 2.24. The quantitative estimate of drug-likeness (QED) is 0.776. The Kier molecular flexibility index (Phi) is 4.83. The van der Waals surface area contributed by atoms with Crippen LogP contribution in [-0.2, 0) is 16.7 Å². The van der Waals surface area contributed by atoms with Crippen molar-refractivity contribution >= 4 is 33.3 Å². The van der Waals surface area contributed by atoms with Gasteiger partial charge in [-0.1, -0.05) is 6.92 Å². The summed E-state index contributed by atoms with van der Waals surface area (Å²) in [7, 11) is -0.437. The number of fused-ring (bicyclic) bond motifs is 1. The predicted molar refractivity (Wildman–Crippen MR) is 95.9 cm³/mol. The van der Waals surface area contributed by atoms with Crippen molar-refractivity contribution in [2.45, 2.75) is 31.3 Å². The van der Waals surface area contributed by atoms with Crippen LogP contribution in [0, 0.1) is 10.8 Å². The molecule has 132 valence electrons. The predicted octanol–water partition coefficient (Wildman–Crippen LogP) is 2.90. The Morgan fingerprint density at radius 3 is 2.58 bits per heavy atom. The van der Waals surface area contributed by atoms with Crippen molar-refractivity contribution < 1.29 is 12.8 Å². The van der Waals surface area contributed by atoms with E-state index in [-0.39, 0.29) is 4.90 Å². The maximum atomic E-state index is 12.4. The molecule has 0 aliphatic carbocycles. The van der Waals surface area contributed by atoms with E-state index < -0.39 is 10.0 Å². The molecule has 6 nitrogen and oxygen atoms in total. The van der Waals surface area contributed by atoms with Crippen LogP contribution < -0.4 is 0 Å². The van der Waals surface area contributed by atoms with Gasteiger partial charge in [0.2, 0.25) is 10.0 Å². The number of aromatic nitrogens is 1. The van der Waals surface area contributed by atoms with Crippen LogP contribution in [0.5, 0.6) is 0 Å². The second kappa shape index (κ2) is 6.59. The van der Waals surface area contributed by atoms with Crippen LogP contribution in [-0.4, -0.2) is 49.4 Å². The monoisotopic (exact) mass is 369 g/mol. The minimum absolute atomic E-state index is 0.247. The fourth-order valence-electron chi connectivity index (χ4n) is 2.95. The molecule has 1 saturated heterocycles. The molecule has 24 heavy (non-hydrogen) atoms. The number of benzene rings is 1. The van der Waals surface area contributed by atoms with E-state index in [2.05, 4.69) is 11.8 Å². The number of likely N-dealkylation sites (tertiary alicyclic amines) is 1. The first-order chi connectivity index (χ1) is 11.3. The zero-order valence-electron chi connectivity index (χ0n) is 14.2. The molecule has 3 rings (SSSR count). The van der Waals surface area contributed by atoms with Gasteiger partial charge in [-0.15, -0.1) is 0 Å². The normalized spacial score (nSPS) is 17.8. The Morgan fingerprint density at radius 1 is 1.29 bits per heavy atom. The molecule has 8 heteroatoms. The SMILES string of the molecule is CC1CCN(Cn2c(=S)oc3ccc(S(=O)(=O)N(C)C)cc32)CC1. The lowest BCUT2D eigenvalue weighted by atomic mass is 10.00. The highest BCUT2D eigenvalue weighted by Gasteiger charge is 2.21. The van der Waals surface area contributed by atoms with E-state index in [4.69, 9.17) is 16.6 Å². The Labute approximate surface area is 147 Å². The number of sulfonamides is 1. The molecule has 1 aliphatic rings. The third-order valence-electron chi connectivity index (χ3n) is 4.64. The fraction of sp³-hybridized carbons (Fsp3) is 0.562. The molecule has 0 amide bonds. The number of rotatable bonds is 4. The summed E-state index contributed by atoms with van der Waals surface area (Å²) in [4.78, 5) is 2.96. The van der Waals surface area contributed by atoms with Crippen LogP contribution in [0.2, 0.25) is 0 Å². The summed E-state index contributed by atoms with van der Waals surface area (Å²) in [5.74, 6) is 0.757. The van der Waals surface area contributed by atoms with Crippen molar-refractivity contribution in [1.29, 1.82) is 0 Å². The summed E-state index contributed by atoms with van der Waals surface area (Å²) < 4.78 is 33.5. The number of piperidine rings is 1. The molecule has 1 aromatic carbocycles. The number of hydrogen-bond acceptors (Lipinski definition) is 5. The number of nitrogens with zero attached hydrogens (tertiary/aromatic N) is 3. The molecule has 0 unspecified atom stereocenters. The first-order valence-electron chi connectivity index (χ1n) is 8.07. The average Bonchev–Trinajstić information content (AvgIpc) is 2.84. The summed E-state index contributed by atoms with van der Waals surface area (Å²) in [6.07, 6.45) is 2.34. The van der Waals surface area contributed by atoms with Crippen LogP contribution in [0.25, 0.3) is 11.1 Å². The van der Waals surface area contributed by atoms with E-state index in [0.717, 1.165) is 24.5 Å². The second-order valence-electron chi connectivity index (χ2n) is 6.65. The molecule has 0 saturated carbocycles. The summed E-state index contributed by atoms with van der Waals surface area (Å²) in [5.41, 5.74) is 1.34. The lowest BCUT2D eigenvalue weighted by Gasteiger charge is -2.30. The number of oxazole rings is 1. The van der Waals surface area contributed by atoms with Gasteiger partial charge in [-0.2, -0.15) is 0 Å². The molecule has 0 bridgehead atoms. The van der Waals surface area contributed by atoms with E-state index in [1.807, 2.05) is 4.57 Å². The largest absolute Gasteiger partial charge is 0.429 e. The summed E-state index contributed by atoms with van der Waals surface area (Å²) in [5, 5.41) is 0. The van der Waals surface area contributed by atoms with Gasteiger partial charge in [0.05, 0.1) is 17.1 Å². The van der Waals surface area contributed by atoms with Crippen LogP contribution in [0.3, 0.4) is 0 Å². The molecule has 0 radical (unpaired) electrons. The minimum atomic E-state index is -3.49. The summed E-state index contributed by atoms with van der Waals surface area (Å²) in [6, 6.07) is 4.88.